The Hall–Kier alpha value is -2.02. The molecule has 0 aliphatic carbocycles. The molecule has 0 spiro atoms. The molecule has 3 rings (SSSR count). The lowest BCUT2D eigenvalue weighted by Gasteiger charge is -2.26. The van der Waals surface area contributed by atoms with E-state index in [9.17, 15) is 0 Å². The predicted octanol–water partition coefficient (Wildman–Crippen LogP) is 4.79. The van der Waals surface area contributed by atoms with E-state index in [1.165, 1.54) is 4.90 Å². The molecule has 0 N–H and O–H groups in total. The fourth-order valence-corrected chi connectivity index (χ4v) is 3.68. The maximum atomic E-state index is 6.15. The van der Waals surface area contributed by atoms with Gasteiger partial charge in [0.05, 0.1) is 0 Å². The van der Waals surface area contributed by atoms with Gasteiger partial charge in [-0.3, -0.25) is 0 Å². The Morgan fingerprint density at radius 2 is 1.76 bits per heavy atom. The fraction of sp³-hybridized carbons (Fsp3) is 0.348. The van der Waals surface area contributed by atoms with Crippen LogP contribution in [0.15, 0.2) is 59.6 Å². The van der Waals surface area contributed by atoms with Crippen LogP contribution in [0.4, 0.5) is 0 Å². The molecule has 0 fully saturated rings. The molecule has 0 aliphatic heterocycles. The summed E-state index contributed by atoms with van der Waals surface area (Å²) in [6.07, 6.45) is 4.02. The van der Waals surface area contributed by atoms with Crippen LogP contribution in [0.5, 0.6) is 0 Å². The van der Waals surface area contributed by atoms with Crippen LogP contribution in [0.3, 0.4) is 0 Å². The predicted molar refractivity (Wildman–Crippen MR) is 123 cm³/mol. The smallest absolute Gasteiger partial charge is 0.410 e. The van der Waals surface area contributed by atoms with E-state index in [1.54, 1.807) is 18.9 Å². The van der Waals surface area contributed by atoms with Gasteiger partial charge in [0.2, 0.25) is 0 Å². The largest absolute Gasteiger partial charge is 0.494 e. The Labute approximate surface area is 178 Å². The molecule has 0 radical (unpaired) electrons. The molecule has 0 amide bonds. The van der Waals surface area contributed by atoms with E-state index in [2.05, 4.69) is 65.2 Å². The van der Waals surface area contributed by atoms with Crippen LogP contribution in [0.2, 0.25) is 0 Å². The second-order valence-corrected chi connectivity index (χ2v) is 8.91. The Kier molecular flexibility index (Phi) is 6.88. The van der Waals surface area contributed by atoms with E-state index in [0.717, 1.165) is 28.1 Å². The molecule has 0 saturated heterocycles. The van der Waals surface area contributed by atoms with Crippen molar-refractivity contribution in [2.45, 2.75) is 44.7 Å². The second-order valence-electron chi connectivity index (χ2n) is 8.03. The molecule has 6 heteroatoms. The van der Waals surface area contributed by atoms with Crippen molar-refractivity contribution in [3.63, 3.8) is 0 Å². The molecule has 0 unspecified atom stereocenters. The van der Waals surface area contributed by atoms with E-state index < -0.39 is 7.12 Å². The highest BCUT2D eigenvalue weighted by Crippen LogP contribution is 2.24. The van der Waals surface area contributed by atoms with Gasteiger partial charge in [0.25, 0.3) is 0 Å². The van der Waals surface area contributed by atoms with Gasteiger partial charge in [0, 0.05) is 41.6 Å². The van der Waals surface area contributed by atoms with Crippen LogP contribution >= 0.6 is 11.8 Å². The molecular formula is C23H29BN2O2S. The summed E-state index contributed by atoms with van der Waals surface area (Å²) in [4.78, 5) is 5.93. The SMILES string of the molecule is COB(OC(C)(C)C)c1ccccc1Cn1c(C)cnc1-c1ccc(SC)cc1. The first-order chi connectivity index (χ1) is 13.8. The molecule has 0 atom stereocenters. The van der Waals surface area contributed by atoms with Gasteiger partial charge in [0.1, 0.15) is 5.82 Å². The lowest BCUT2D eigenvalue weighted by Crippen LogP contribution is -2.43. The number of benzene rings is 2. The third kappa shape index (κ3) is 5.32. The zero-order valence-corrected chi connectivity index (χ0v) is 18.9. The van der Waals surface area contributed by atoms with Gasteiger partial charge >= 0.3 is 7.12 Å². The number of hydrogen-bond acceptors (Lipinski definition) is 4. The number of aryl methyl sites for hydroxylation is 1. The van der Waals surface area contributed by atoms with E-state index in [0.29, 0.717) is 6.54 Å². The highest BCUT2D eigenvalue weighted by Gasteiger charge is 2.28. The van der Waals surface area contributed by atoms with Gasteiger partial charge < -0.3 is 13.9 Å². The molecule has 152 valence electrons. The molecular weight excluding hydrogens is 379 g/mol. The molecule has 1 heterocycles. The maximum Gasteiger partial charge on any atom is 0.494 e. The summed E-state index contributed by atoms with van der Waals surface area (Å²) < 4.78 is 14.1. The van der Waals surface area contributed by atoms with E-state index in [4.69, 9.17) is 9.31 Å². The first-order valence-corrected chi connectivity index (χ1v) is 11.0. The van der Waals surface area contributed by atoms with E-state index >= 15 is 0 Å². The first kappa shape index (κ1) is 21.7. The molecule has 1 aromatic heterocycles. The average molecular weight is 408 g/mol. The molecule has 0 bridgehead atoms. The Morgan fingerprint density at radius 3 is 2.38 bits per heavy atom. The van der Waals surface area contributed by atoms with Crippen LogP contribution in [-0.4, -0.2) is 35.6 Å². The topological polar surface area (TPSA) is 36.3 Å². The van der Waals surface area contributed by atoms with Crippen molar-refractivity contribution in [1.29, 1.82) is 0 Å². The number of aromatic nitrogens is 2. The van der Waals surface area contributed by atoms with E-state index in [-0.39, 0.29) is 5.60 Å². The summed E-state index contributed by atoms with van der Waals surface area (Å²) >= 11 is 1.74. The van der Waals surface area contributed by atoms with Gasteiger partial charge in [-0.15, -0.1) is 11.8 Å². The average Bonchev–Trinajstić information content (AvgIpc) is 3.06. The van der Waals surface area contributed by atoms with Gasteiger partial charge in [-0.05, 0) is 57.1 Å². The number of hydrogen-bond donors (Lipinski definition) is 0. The van der Waals surface area contributed by atoms with Crippen molar-refractivity contribution >= 4 is 24.3 Å². The summed E-state index contributed by atoms with van der Waals surface area (Å²) in [5, 5.41) is 0. The van der Waals surface area contributed by atoms with Gasteiger partial charge in [0.15, 0.2) is 0 Å². The molecule has 0 aliphatic rings. The van der Waals surface area contributed by atoms with Crippen LogP contribution in [0, 0.1) is 6.92 Å². The molecule has 0 saturated carbocycles. The summed E-state index contributed by atoms with van der Waals surface area (Å²) in [5.41, 5.74) is 4.13. The normalized spacial score (nSPS) is 11.7. The van der Waals surface area contributed by atoms with Crippen molar-refractivity contribution in [3.8, 4) is 11.4 Å². The van der Waals surface area contributed by atoms with Crippen LogP contribution in [0.1, 0.15) is 32.0 Å². The highest BCUT2D eigenvalue weighted by molar-refractivity contribution is 7.98. The standard InChI is InChI=1S/C23H29BN2O2S/c1-17-15-25-22(18-11-13-20(29-6)14-12-18)26(17)16-19-9-7-8-10-21(19)24(27-5)28-23(2,3)4/h7-15H,16H2,1-6H3. The fourth-order valence-electron chi connectivity index (χ4n) is 3.27. The minimum absolute atomic E-state index is 0.303. The lowest BCUT2D eigenvalue weighted by atomic mass is 9.75. The van der Waals surface area contributed by atoms with Crippen molar-refractivity contribution in [2.75, 3.05) is 13.4 Å². The first-order valence-electron chi connectivity index (χ1n) is 9.77. The lowest BCUT2D eigenvalue weighted by molar-refractivity contribution is 0.0981. The van der Waals surface area contributed by atoms with Crippen molar-refractivity contribution in [1.82, 2.24) is 9.55 Å². The van der Waals surface area contributed by atoms with E-state index in [1.807, 2.05) is 33.0 Å². The summed E-state index contributed by atoms with van der Waals surface area (Å²) in [5.74, 6) is 0.968. The third-order valence-corrected chi connectivity index (χ3v) is 5.46. The Bertz CT molecular complexity index is 948. The van der Waals surface area contributed by atoms with Crippen LogP contribution in [-0.2, 0) is 15.9 Å². The van der Waals surface area contributed by atoms with Crippen molar-refractivity contribution in [3.05, 3.63) is 66.0 Å². The highest BCUT2D eigenvalue weighted by atomic mass is 32.2. The number of thioether (sulfide) groups is 1. The number of nitrogens with zero attached hydrogens (tertiary/aromatic N) is 2. The minimum Gasteiger partial charge on any atom is -0.410 e. The Balaban J connectivity index is 1.96. The summed E-state index contributed by atoms with van der Waals surface area (Å²) in [7, 11) is 1.27. The second kappa shape index (κ2) is 9.20. The van der Waals surface area contributed by atoms with Crippen molar-refractivity contribution < 1.29 is 9.31 Å². The zero-order chi connectivity index (χ0) is 21.0. The van der Waals surface area contributed by atoms with Crippen molar-refractivity contribution in [2.24, 2.45) is 0 Å². The minimum atomic E-state index is -0.417. The molecule has 2 aromatic carbocycles. The molecule has 29 heavy (non-hydrogen) atoms. The monoisotopic (exact) mass is 408 g/mol. The molecule has 3 aromatic rings. The third-order valence-electron chi connectivity index (χ3n) is 4.72. The quantitative estimate of drug-likeness (QED) is 0.416. The van der Waals surface area contributed by atoms with Gasteiger partial charge in [-0.2, -0.15) is 0 Å². The zero-order valence-electron chi connectivity index (χ0n) is 18.1. The maximum absolute atomic E-state index is 6.15. The van der Waals surface area contributed by atoms with Gasteiger partial charge in [-0.1, -0.05) is 36.4 Å². The number of rotatable bonds is 7. The van der Waals surface area contributed by atoms with Gasteiger partial charge in [-0.25, -0.2) is 4.98 Å². The summed E-state index contributed by atoms with van der Waals surface area (Å²) in [6, 6.07) is 16.8. The van der Waals surface area contributed by atoms with Crippen LogP contribution in [0.25, 0.3) is 11.4 Å². The van der Waals surface area contributed by atoms with Crippen LogP contribution < -0.4 is 5.46 Å². The summed E-state index contributed by atoms with van der Waals surface area (Å²) in [6.45, 7) is 8.91. The Morgan fingerprint density at radius 1 is 1.07 bits per heavy atom. The number of imidazole rings is 1. The molecule has 4 nitrogen and oxygen atoms in total.